The van der Waals surface area contributed by atoms with E-state index < -0.39 is 5.72 Å². The van der Waals surface area contributed by atoms with Crippen LogP contribution in [0.15, 0.2) is 53.5 Å². The van der Waals surface area contributed by atoms with E-state index in [0.717, 1.165) is 22.6 Å². The fourth-order valence-corrected chi connectivity index (χ4v) is 2.26. The molecule has 0 radical (unpaired) electrons. The molecule has 0 saturated carbocycles. The SMILES string of the molecule is CC1(C)N=C(c2ccccc2)c2ccc(N)cc2O1. The molecule has 3 nitrogen and oxygen atoms in total. The van der Waals surface area contributed by atoms with Gasteiger partial charge < -0.3 is 10.5 Å². The predicted octanol–water partition coefficient (Wildman–Crippen LogP) is 3.23. The maximum absolute atomic E-state index is 5.88. The molecule has 0 bridgehead atoms. The number of hydrogen-bond donors (Lipinski definition) is 1. The van der Waals surface area contributed by atoms with Crippen LogP contribution in [-0.2, 0) is 0 Å². The van der Waals surface area contributed by atoms with Crippen molar-refractivity contribution in [1.82, 2.24) is 0 Å². The highest BCUT2D eigenvalue weighted by Gasteiger charge is 2.28. The number of fused-ring (bicyclic) bond motifs is 1. The lowest BCUT2D eigenvalue weighted by molar-refractivity contribution is 0.115. The molecule has 1 aliphatic heterocycles. The molecule has 0 spiro atoms. The second-order valence-corrected chi connectivity index (χ2v) is 5.13. The van der Waals surface area contributed by atoms with Crippen molar-refractivity contribution in [2.45, 2.75) is 19.6 Å². The summed E-state index contributed by atoms with van der Waals surface area (Å²) < 4.78 is 5.88. The standard InChI is InChI=1S/C16H16N2O/c1-16(2)18-15(11-6-4-3-5-7-11)13-9-8-12(17)10-14(13)19-16/h3-10H,17H2,1-2H3. The largest absolute Gasteiger partial charge is 0.466 e. The number of nitrogen functional groups attached to an aromatic ring is 1. The topological polar surface area (TPSA) is 47.6 Å². The normalized spacial score (nSPS) is 16.2. The number of aliphatic imine (C=N–C) groups is 1. The lowest BCUT2D eigenvalue weighted by atomic mass is 9.99. The van der Waals surface area contributed by atoms with E-state index in [0.29, 0.717) is 5.69 Å². The van der Waals surface area contributed by atoms with Gasteiger partial charge in [0, 0.05) is 22.9 Å². The van der Waals surface area contributed by atoms with E-state index in [1.807, 2.05) is 50.2 Å². The van der Waals surface area contributed by atoms with Crippen LogP contribution in [0.4, 0.5) is 5.69 Å². The molecule has 2 aromatic carbocycles. The van der Waals surface area contributed by atoms with Crippen molar-refractivity contribution in [3.05, 3.63) is 59.7 Å². The first-order valence-corrected chi connectivity index (χ1v) is 6.29. The van der Waals surface area contributed by atoms with E-state index in [1.54, 1.807) is 0 Å². The second kappa shape index (κ2) is 4.12. The first-order valence-electron chi connectivity index (χ1n) is 6.29. The summed E-state index contributed by atoms with van der Waals surface area (Å²) in [5, 5.41) is 0. The molecule has 0 aromatic heterocycles. The maximum atomic E-state index is 5.88. The van der Waals surface area contributed by atoms with Gasteiger partial charge in [-0.3, -0.25) is 0 Å². The van der Waals surface area contributed by atoms with Crippen LogP contribution in [0.3, 0.4) is 0 Å². The van der Waals surface area contributed by atoms with Gasteiger partial charge in [-0.15, -0.1) is 0 Å². The number of hydrogen-bond acceptors (Lipinski definition) is 3. The molecule has 1 heterocycles. The molecule has 3 heteroatoms. The zero-order valence-electron chi connectivity index (χ0n) is 11.1. The molecule has 0 amide bonds. The summed E-state index contributed by atoms with van der Waals surface area (Å²) in [5.41, 5.74) is 8.98. The number of benzene rings is 2. The lowest BCUT2D eigenvalue weighted by Gasteiger charge is -2.30. The highest BCUT2D eigenvalue weighted by Crippen LogP contribution is 2.33. The Balaban J connectivity index is 2.20. The Morgan fingerprint density at radius 2 is 1.79 bits per heavy atom. The Kier molecular flexibility index (Phi) is 2.56. The second-order valence-electron chi connectivity index (χ2n) is 5.13. The molecule has 2 aromatic rings. The molecular weight excluding hydrogens is 236 g/mol. The summed E-state index contributed by atoms with van der Waals surface area (Å²) in [7, 11) is 0. The van der Waals surface area contributed by atoms with E-state index in [-0.39, 0.29) is 0 Å². The van der Waals surface area contributed by atoms with Gasteiger partial charge in [0.2, 0.25) is 0 Å². The lowest BCUT2D eigenvalue weighted by Crippen LogP contribution is -2.32. The first kappa shape index (κ1) is 11.8. The van der Waals surface area contributed by atoms with Gasteiger partial charge in [-0.25, -0.2) is 4.99 Å². The van der Waals surface area contributed by atoms with Crippen molar-refractivity contribution in [2.24, 2.45) is 4.99 Å². The van der Waals surface area contributed by atoms with Gasteiger partial charge in [0.25, 0.3) is 0 Å². The smallest absolute Gasteiger partial charge is 0.195 e. The van der Waals surface area contributed by atoms with Crippen LogP contribution >= 0.6 is 0 Å². The zero-order chi connectivity index (χ0) is 13.5. The predicted molar refractivity (Wildman–Crippen MR) is 77.6 cm³/mol. The molecule has 0 unspecified atom stereocenters. The molecule has 1 aliphatic rings. The molecular formula is C16H16N2O. The van der Waals surface area contributed by atoms with Gasteiger partial charge in [-0.05, 0) is 26.0 Å². The average molecular weight is 252 g/mol. The van der Waals surface area contributed by atoms with E-state index in [4.69, 9.17) is 15.5 Å². The molecule has 0 saturated heterocycles. The van der Waals surface area contributed by atoms with Crippen molar-refractivity contribution in [2.75, 3.05) is 5.73 Å². The maximum Gasteiger partial charge on any atom is 0.195 e. The summed E-state index contributed by atoms with van der Waals surface area (Å²) in [6, 6.07) is 15.8. The van der Waals surface area contributed by atoms with Crippen LogP contribution in [0.5, 0.6) is 5.75 Å². The molecule has 0 fully saturated rings. The number of anilines is 1. The average Bonchev–Trinajstić information content (AvgIpc) is 2.37. The van der Waals surface area contributed by atoms with Crippen LogP contribution < -0.4 is 10.5 Å². The van der Waals surface area contributed by atoms with Gasteiger partial charge in [0.1, 0.15) is 5.75 Å². The summed E-state index contributed by atoms with van der Waals surface area (Å²) in [5.74, 6) is 0.791. The molecule has 19 heavy (non-hydrogen) atoms. The Labute approximate surface area is 112 Å². The van der Waals surface area contributed by atoms with E-state index in [9.17, 15) is 0 Å². The third-order valence-corrected chi connectivity index (χ3v) is 3.05. The van der Waals surface area contributed by atoms with E-state index in [2.05, 4.69) is 12.1 Å². The zero-order valence-corrected chi connectivity index (χ0v) is 11.1. The van der Waals surface area contributed by atoms with Crippen LogP contribution in [0.2, 0.25) is 0 Å². The Morgan fingerprint density at radius 3 is 2.53 bits per heavy atom. The molecule has 3 rings (SSSR count). The third kappa shape index (κ3) is 2.19. The monoisotopic (exact) mass is 252 g/mol. The van der Waals surface area contributed by atoms with Gasteiger partial charge in [-0.1, -0.05) is 30.3 Å². The number of nitrogens with zero attached hydrogens (tertiary/aromatic N) is 1. The van der Waals surface area contributed by atoms with Crippen molar-refractivity contribution >= 4 is 11.4 Å². The van der Waals surface area contributed by atoms with Crippen LogP contribution in [0, 0.1) is 0 Å². The van der Waals surface area contributed by atoms with Crippen molar-refractivity contribution in [1.29, 1.82) is 0 Å². The van der Waals surface area contributed by atoms with Crippen LogP contribution in [0.25, 0.3) is 0 Å². The van der Waals surface area contributed by atoms with Gasteiger partial charge in [0.05, 0.1) is 5.71 Å². The number of ether oxygens (including phenoxy) is 1. The van der Waals surface area contributed by atoms with E-state index >= 15 is 0 Å². The number of nitrogens with two attached hydrogens (primary N) is 1. The molecule has 2 N–H and O–H groups in total. The fourth-order valence-electron chi connectivity index (χ4n) is 2.26. The summed E-state index contributed by atoms with van der Waals surface area (Å²) >= 11 is 0. The highest BCUT2D eigenvalue weighted by molar-refractivity contribution is 6.15. The van der Waals surface area contributed by atoms with Crippen molar-refractivity contribution in [3.8, 4) is 5.75 Å². The van der Waals surface area contributed by atoms with E-state index in [1.165, 1.54) is 0 Å². The minimum atomic E-state index is -0.577. The molecule has 96 valence electrons. The Bertz CT molecular complexity index is 645. The summed E-state index contributed by atoms with van der Waals surface area (Å²) in [6.45, 7) is 3.89. The Hall–Kier alpha value is -2.29. The van der Waals surface area contributed by atoms with Gasteiger partial charge >= 0.3 is 0 Å². The van der Waals surface area contributed by atoms with Gasteiger partial charge in [-0.2, -0.15) is 0 Å². The minimum Gasteiger partial charge on any atom is -0.466 e. The fraction of sp³-hybridized carbons (Fsp3) is 0.188. The first-order chi connectivity index (χ1) is 9.05. The molecule has 0 atom stereocenters. The third-order valence-electron chi connectivity index (χ3n) is 3.05. The summed E-state index contributed by atoms with van der Waals surface area (Å²) in [6.07, 6.45) is 0. The van der Waals surface area contributed by atoms with Crippen LogP contribution in [-0.4, -0.2) is 11.4 Å². The summed E-state index contributed by atoms with van der Waals surface area (Å²) in [4.78, 5) is 4.71. The Morgan fingerprint density at radius 1 is 1.05 bits per heavy atom. The molecule has 0 aliphatic carbocycles. The minimum absolute atomic E-state index is 0.577. The van der Waals surface area contributed by atoms with Crippen LogP contribution in [0.1, 0.15) is 25.0 Å². The van der Waals surface area contributed by atoms with Crippen molar-refractivity contribution < 1.29 is 4.74 Å². The number of rotatable bonds is 1. The van der Waals surface area contributed by atoms with Crippen molar-refractivity contribution in [3.63, 3.8) is 0 Å². The highest BCUT2D eigenvalue weighted by atomic mass is 16.5. The quantitative estimate of drug-likeness (QED) is 0.792. The van der Waals surface area contributed by atoms with Gasteiger partial charge in [0.15, 0.2) is 5.72 Å².